The fraction of sp³-hybridized carbons (Fsp3) is 0.235. The highest BCUT2D eigenvalue weighted by Gasteiger charge is 2.21. The standard InChI is InChI=1S/C17H15ClN2O5/c1-9-15(16(18)20(2)19-9)17(22)24-8-10-6-14(21)25-13-7-11(23-3)4-5-12(10)13/h4-7H,8H2,1-3H3. The van der Waals surface area contributed by atoms with Gasteiger partial charge in [-0.05, 0) is 19.1 Å². The first kappa shape index (κ1) is 17.0. The first-order chi connectivity index (χ1) is 11.9. The summed E-state index contributed by atoms with van der Waals surface area (Å²) in [5, 5.41) is 4.93. The number of aryl methyl sites for hydroxylation is 2. The molecule has 0 amide bonds. The van der Waals surface area contributed by atoms with Crippen molar-refractivity contribution in [2.75, 3.05) is 7.11 Å². The fourth-order valence-corrected chi connectivity index (χ4v) is 2.79. The van der Waals surface area contributed by atoms with Crippen molar-refractivity contribution in [3.05, 3.63) is 56.7 Å². The second-order valence-electron chi connectivity index (χ2n) is 5.40. The molecule has 1 aromatic carbocycles. The molecule has 130 valence electrons. The summed E-state index contributed by atoms with van der Waals surface area (Å²) in [6, 6.07) is 6.36. The predicted molar refractivity (Wildman–Crippen MR) is 91.1 cm³/mol. The van der Waals surface area contributed by atoms with Crippen LogP contribution in [-0.2, 0) is 18.4 Å². The molecule has 3 rings (SSSR count). The summed E-state index contributed by atoms with van der Waals surface area (Å²) < 4.78 is 17.0. The molecule has 0 radical (unpaired) electrons. The van der Waals surface area contributed by atoms with Crippen molar-refractivity contribution >= 4 is 28.5 Å². The van der Waals surface area contributed by atoms with Crippen LogP contribution in [0.2, 0.25) is 5.15 Å². The zero-order chi connectivity index (χ0) is 18.1. The number of methoxy groups -OCH3 is 1. The normalized spacial score (nSPS) is 10.9. The lowest BCUT2D eigenvalue weighted by atomic mass is 10.1. The number of benzene rings is 1. The minimum Gasteiger partial charge on any atom is -0.497 e. The highest BCUT2D eigenvalue weighted by atomic mass is 35.5. The summed E-state index contributed by atoms with van der Waals surface area (Å²) >= 11 is 6.07. The van der Waals surface area contributed by atoms with Crippen molar-refractivity contribution in [3.63, 3.8) is 0 Å². The molecule has 0 spiro atoms. The molecular weight excluding hydrogens is 348 g/mol. The molecule has 25 heavy (non-hydrogen) atoms. The Morgan fingerprint density at radius 2 is 2.12 bits per heavy atom. The maximum atomic E-state index is 12.3. The molecule has 0 unspecified atom stereocenters. The largest absolute Gasteiger partial charge is 0.497 e. The minimum atomic E-state index is -0.606. The van der Waals surface area contributed by atoms with Crippen LogP contribution in [0.25, 0.3) is 11.0 Å². The Balaban J connectivity index is 1.90. The lowest BCUT2D eigenvalue weighted by molar-refractivity contribution is 0.0473. The highest BCUT2D eigenvalue weighted by molar-refractivity contribution is 6.32. The molecule has 0 aliphatic carbocycles. The van der Waals surface area contributed by atoms with Crippen LogP contribution in [0.5, 0.6) is 5.75 Å². The van der Waals surface area contributed by atoms with E-state index in [0.717, 1.165) is 0 Å². The van der Waals surface area contributed by atoms with Crippen molar-refractivity contribution in [2.24, 2.45) is 7.05 Å². The molecule has 0 bridgehead atoms. The first-order valence-corrected chi connectivity index (χ1v) is 7.75. The van der Waals surface area contributed by atoms with E-state index in [4.69, 9.17) is 25.5 Å². The van der Waals surface area contributed by atoms with Gasteiger partial charge >= 0.3 is 11.6 Å². The van der Waals surface area contributed by atoms with Gasteiger partial charge in [0.05, 0.1) is 12.8 Å². The molecule has 3 aromatic rings. The number of rotatable bonds is 4. The molecule has 2 heterocycles. The number of hydrogen-bond donors (Lipinski definition) is 0. The Hall–Kier alpha value is -2.80. The Bertz CT molecular complexity index is 1020. The molecule has 0 fully saturated rings. The van der Waals surface area contributed by atoms with E-state index in [-0.39, 0.29) is 17.3 Å². The average molecular weight is 363 g/mol. The van der Waals surface area contributed by atoms with Gasteiger partial charge in [-0.2, -0.15) is 5.10 Å². The zero-order valence-corrected chi connectivity index (χ0v) is 14.6. The molecule has 2 aromatic heterocycles. The van der Waals surface area contributed by atoms with Gasteiger partial charge in [-0.1, -0.05) is 11.6 Å². The Morgan fingerprint density at radius 3 is 2.76 bits per heavy atom. The van der Waals surface area contributed by atoms with Crippen LogP contribution >= 0.6 is 11.6 Å². The van der Waals surface area contributed by atoms with Gasteiger partial charge in [0.15, 0.2) is 0 Å². The average Bonchev–Trinajstić information content (AvgIpc) is 2.83. The van der Waals surface area contributed by atoms with Crippen molar-refractivity contribution in [1.82, 2.24) is 9.78 Å². The monoisotopic (exact) mass is 362 g/mol. The van der Waals surface area contributed by atoms with Crippen LogP contribution in [0.4, 0.5) is 0 Å². The second kappa shape index (κ2) is 6.60. The number of halogens is 1. The van der Waals surface area contributed by atoms with E-state index in [9.17, 15) is 9.59 Å². The van der Waals surface area contributed by atoms with Crippen molar-refractivity contribution in [1.29, 1.82) is 0 Å². The van der Waals surface area contributed by atoms with Crippen LogP contribution in [0, 0.1) is 6.92 Å². The number of carbonyl (C=O) groups excluding carboxylic acids is 1. The van der Waals surface area contributed by atoms with Crippen LogP contribution in [0.1, 0.15) is 21.6 Å². The summed E-state index contributed by atoms with van der Waals surface area (Å²) in [5.41, 5.74) is 1.02. The third-order valence-corrected chi connectivity index (χ3v) is 4.19. The van der Waals surface area contributed by atoms with E-state index in [1.165, 1.54) is 17.9 Å². The number of ether oxygens (including phenoxy) is 2. The third kappa shape index (κ3) is 3.23. The zero-order valence-electron chi connectivity index (χ0n) is 13.8. The SMILES string of the molecule is COc1ccc2c(COC(=O)c3c(C)nn(C)c3Cl)cc(=O)oc2c1. The van der Waals surface area contributed by atoms with Gasteiger partial charge in [0.1, 0.15) is 28.7 Å². The summed E-state index contributed by atoms with van der Waals surface area (Å²) in [6.07, 6.45) is 0. The van der Waals surface area contributed by atoms with Crippen LogP contribution < -0.4 is 10.4 Å². The summed E-state index contributed by atoms with van der Waals surface area (Å²) in [4.78, 5) is 24.1. The quantitative estimate of drug-likeness (QED) is 0.524. The molecule has 0 saturated heterocycles. The lowest BCUT2D eigenvalue weighted by Crippen LogP contribution is -2.09. The van der Waals surface area contributed by atoms with Gasteiger partial charge in [-0.3, -0.25) is 4.68 Å². The third-order valence-electron chi connectivity index (χ3n) is 3.75. The molecule has 8 heteroatoms. The Labute approximate surface area is 147 Å². The maximum absolute atomic E-state index is 12.3. The van der Waals surface area contributed by atoms with E-state index < -0.39 is 11.6 Å². The van der Waals surface area contributed by atoms with Crippen molar-refractivity contribution in [3.8, 4) is 5.75 Å². The Kier molecular flexibility index (Phi) is 4.50. The number of fused-ring (bicyclic) bond motifs is 1. The van der Waals surface area contributed by atoms with Gasteiger partial charge in [0.25, 0.3) is 0 Å². The molecule has 7 nitrogen and oxygen atoms in total. The van der Waals surface area contributed by atoms with Gasteiger partial charge in [0, 0.05) is 30.1 Å². The second-order valence-corrected chi connectivity index (χ2v) is 5.76. The van der Waals surface area contributed by atoms with Crippen LogP contribution in [0.3, 0.4) is 0 Å². The van der Waals surface area contributed by atoms with Crippen molar-refractivity contribution < 1.29 is 18.7 Å². The van der Waals surface area contributed by atoms with E-state index in [2.05, 4.69) is 5.10 Å². The molecule has 0 N–H and O–H groups in total. The summed E-state index contributed by atoms with van der Waals surface area (Å²) in [5.74, 6) is -0.0481. The fourth-order valence-electron chi connectivity index (χ4n) is 2.53. The van der Waals surface area contributed by atoms with E-state index >= 15 is 0 Å². The summed E-state index contributed by atoms with van der Waals surface area (Å²) in [6.45, 7) is 1.57. The van der Waals surface area contributed by atoms with E-state index in [0.29, 0.717) is 28.0 Å². The van der Waals surface area contributed by atoms with E-state index in [1.54, 1.807) is 32.2 Å². The van der Waals surface area contributed by atoms with Crippen LogP contribution in [-0.4, -0.2) is 22.9 Å². The van der Waals surface area contributed by atoms with Gasteiger partial charge in [-0.15, -0.1) is 0 Å². The number of aromatic nitrogens is 2. The number of carbonyl (C=O) groups is 1. The van der Waals surface area contributed by atoms with Gasteiger partial charge in [-0.25, -0.2) is 9.59 Å². The van der Waals surface area contributed by atoms with Gasteiger partial charge in [0.2, 0.25) is 0 Å². The smallest absolute Gasteiger partial charge is 0.343 e. The molecule has 0 aliphatic rings. The molecular formula is C17H15ClN2O5. The molecule has 0 aliphatic heterocycles. The topological polar surface area (TPSA) is 83.6 Å². The molecule has 0 saturated carbocycles. The van der Waals surface area contributed by atoms with Crippen LogP contribution in [0.15, 0.2) is 33.5 Å². The predicted octanol–water partition coefficient (Wildman–Crippen LogP) is 2.85. The number of esters is 1. The Morgan fingerprint density at radius 1 is 1.36 bits per heavy atom. The summed E-state index contributed by atoms with van der Waals surface area (Å²) in [7, 11) is 3.15. The van der Waals surface area contributed by atoms with Crippen molar-refractivity contribution in [2.45, 2.75) is 13.5 Å². The highest BCUT2D eigenvalue weighted by Crippen LogP contribution is 2.24. The van der Waals surface area contributed by atoms with E-state index in [1.807, 2.05) is 0 Å². The number of hydrogen-bond acceptors (Lipinski definition) is 6. The molecule has 0 atom stereocenters. The minimum absolute atomic E-state index is 0.0993. The number of nitrogens with zero attached hydrogens (tertiary/aromatic N) is 2. The lowest BCUT2D eigenvalue weighted by Gasteiger charge is -2.08. The maximum Gasteiger partial charge on any atom is 0.343 e. The van der Waals surface area contributed by atoms with Gasteiger partial charge < -0.3 is 13.9 Å². The first-order valence-electron chi connectivity index (χ1n) is 7.37.